The van der Waals surface area contributed by atoms with E-state index >= 15 is 0 Å². The van der Waals surface area contributed by atoms with Gasteiger partial charge in [0.25, 0.3) is 8.32 Å². The van der Waals surface area contributed by atoms with E-state index in [2.05, 4.69) is 76.2 Å². The van der Waals surface area contributed by atoms with Gasteiger partial charge >= 0.3 is 6.16 Å². The number of carbonyl (C=O) groups excluding carboxylic acids is 1. The Bertz CT molecular complexity index is 909. The second-order valence-corrected chi connectivity index (χ2v) is 16.0. The van der Waals surface area contributed by atoms with Crippen LogP contribution in [0.15, 0.2) is 60.7 Å². The maximum Gasteiger partial charge on any atom is 0.509 e. The number of unbranched alkanes of at least 4 members (excludes halogenated alkanes) is 2. The summed E-state index contributed by atoms with van der Waals surface area (Å²) in [5, 5.41) is 2.30. The third-order valence-electron chi connectivity index (χ3n) is 6.90. The maximum atomic E-state index is 12.0. The minimum Gasteiger partial charge on any atom is -0.427 e. The van der Waals surface area contributed by atoms with Gasteiger partial charge in [-0.05, 0) is 27.6 Å². The van der Waals surface area contributed by atoms with Crippen molar-refractivity contribution in [3.05, 3.63) is 60.7 Å². The van der Waals surface area contributed by atoms with E-state index < -0.39 is 20.6 Å². The van der Waals surface area contributed by atoms with E-state index in [0.29, 0.717) is 13.0 Å². The highest BCUT2D eigenvalue weighted by molar-refractivity contribution is 7.99. The molecule has 2 aromatic carbocycles. The van der Waals surface area contributed by atoms with Crippen molar-refractivity contribution in [1.82, 2.24) is 0 Å². The average molecular weight is 515 g/mol. The van der Waals surface area contributed by atoms with Crippen LogP contribution >= 0.6 is 11.8 Å². The first-order valence-corrected chi connectivity index (χ1v) is 15.7. The minimum absolute atomic E-state index is 0.0321. The van der Waals surface area contributed by atoms with Gasteiger partial charge < -0.3 is 18.6 Å². The Hall–Kier alpha value is -1.80. The molecule has 2 aromatic rings. The number of ether oxygens (including phenoxy) is 3. The van der Waals surface area contributed by atoms with Crippen molar-refractivity contribution in [2.24, 2.45) is 0 Å². The Morgan fingerprint density at radius 3 is 2.17 bits per heavy atom. The van der Waals surface area contributed by atoms with Crippen molar-refractivity contribution >= 4 is 36.6 Å². The van der Waals surface area contributed by atoms with E-state index in [1.54, 1.807) is 0 Å². The standard InChI is InChI=1S/C28H38O5SSi/c1-5-6-13-18-34-25-19-23-26(33-27(29)32-23)24(31-25)20-30-35(28(2,3)4,21-14-9-7-10-15-21)22-16-11-8-12-17-22/h7-12,14-17,23-26H,5-6,13,18-20H2,1-4H3/t23-,24-,25-,26-/m1/s1. The number of thioether (sulfide) groups is 1. The number of hydrogen-bond donors (Lipinski definition) is 0. The van der Waals surface area contributed by atoms with Crippen LogP contribution in [0.5, 0.6) is 0 Å². The first-order chi connectivity index (χ1) is 16.8. The summed E-state index contributed by atoms with van der Waals surface area (Å²) in [5.41, 5.74) is -0.0321. The lowest BCUT2D eigenvalue weighted by molar-refractivity contribution is -0.111. The smallest absolute Gasteiger partial charge is 0.427 e. The Labute approximate surface area is 215 Å². The first-order valence-electron chi connectivity index (χ1n) is 12.7. The Balaban J connectivity index is 1.61. The van der Waals surface area contributed by atoms with E-state index in [0.717, 1.165) is 12.2 Å². The van der Waals surface area contributed by atoms with Gasteiger partial charge in [-0.15, -0.1) is 11.8 Å². The molecule has 0 saturated carbocycles. The fourth-order valence-electron chi connectivity index (χ4n) is 5.20. The van der Waals surface area contributed by atoms with Gasteiger partial charge in [0, 0.05) is 6.42 Å². The van der Waals surface area contributed by atoms with Gasteiger partial charge in [-0.3, -0.25) is 0 Å². The largest absolute Gasteiger partial charge is 0.509 e. The number of hydrogen-bond acceptors (Lipinski definition) is 6. The highest BCUT2D eigenvalue weighted by Crippen LogP contribution is 2.39. The molecule has 4 rings (SSSR count). The van der Waals surface area contributed by atoms with Gasteiger partial charge in [-0.25, -0.2) is 4.79 Å². The highest BCUT2D eigenvalue weighted by Gasteiger charge is 2.53. The zero-order chi connectivity index (χ0) is 24.9. The fraction of sp³-hybridized carbons (Fsp3) is 0.536. The molecule has 2 saturated heterocycles. The number of carbonyl (C=O) groups is 1. The summed E-state index contributed by atoms with van der Waals surface area (Å²) >= 11 is 1.81. The summed E-state index contributed by atoms with van der Waals surface area (Å²) in [6.07, 6.45) is 2.53. The van der Waals surface area contributed by atoms with Crippen molar-refractivity contribution in [1.29, 1.82) is 0 Å². The molecule has 0 spiro atoms. The van der Waals surface area contributed by atoms with Crippen LogP contribution in [0, 0.1) is 0 Å². The summed E-state index contributed by atoms with van der Waals surface area (Å²) in [4.78, 5) is 12.0. The molecule has 2 aliphatic heterocycles. The van der Waals surface area contributed by atoms with Crippen LogP contribution in [0.3, 0.4) is 0 Å². The van der Waals surface area contributed by atoms with E-state index in [1.165, 1.54) is 23.2 Å². The Morgan fingerprint density at radius 2 is 1.60 bits per heavy atom. The third-order valence-corrected chi connectivity index (χ3v) is 13.1. The van der Waals surface area contributed by atoms with Crippen molar-refractivity contribution in [3.63, 3.8) is 0 Å². The Kier molecular flexibility index (Phi) is 8.63. The second kappa shape index (κ2) is 11.5. The lowest BCUT2D eigenvalue weighted by Gasteiger charge is -2.44. The van der Waals surface area contributed by atoms with Crippen LogP contribution in [0.2, 0.25) is 5.04 Å². The molecule has 2 aliphatic rings. The van der Waals surface area contributed by atoms with Crippen molar-refractivity contribution in [2.45, 2.75) is 82.2 Å². The molecule has 5 nitrogen and oxygen atoms in total. The highest BCUT2D eigenvalue weighted by atomic mass is 32.2. The van der Waals surface area contributed by atoms with Gasteiger partial charge in [-0.1, -0.05) is 101 Å². The molecule has 0 radical (unpaired) electrons. The zero-order valence-corrected chi connectivity index (χ0v) is 23.1. The molecule has 35 heavy (non-hydrogen) atoms. The van der Waals surface area contributed by atoms with Crippen LogP contribution in [0.25, 0.3) is 0 Å². The second-order valence-electron chi connectivity index (χ2n) is 10.4. The molecule has 0 aliphatic carbocycles. The van der Waals surface area contributed by atoms with E-state index in [-0.39, 0.29) is 22.7 Å². The van der Waals surface area contributed by atoms with Crippen molar-refractivity contribution < 1.29 is 23.4 Å². The lowest BCUT2D eigenvalue weighted by Crippen LogP contribution is -2.67. The topological polar surface area (TPSA) is 54.0 Å². The average Bonchev–Trinajstić information content (AvgIpc) is 3.23. The van der Waals surface area contributed by atoms with Crippen molar-refractivity contribution in [3.8, 4) is 0 Å². The molecule has 0 N–H and O–H groups in total. The molecule has 2 heterocycles. The van der Waals surface area contributed by atoms with Crippen LogP contribution < -0.4 is 10.4 Å². The van der Waals surface area contributed by atoms with Crippen LogP contribution in [-0.4, -0.2) is 50.6 Å². The lowest BCUT2D eigenvalue weighted by atomic mass is 10.0. The molecule has 0 aromatic heterocycles. The van der Waals surface area contributed by atoms with Crippen molar-refractivity contribution in [2.75, 3.05) is 12.4 Å². The van der Waals surface area contributed by atoms with E-state index in [4.69, 9.17) is 18.6 Å². The molecular weight excluding hydrogens is 476 g/mol. The molecule has 0 amide bonds. The molecule has 0 bridgehead atoms. The van der Waals surface area contributed by atoms with Gasteiger partial charge in [0.05, 0.1) is 6.61 Å². The predicted octanol–water partition coefficient (Wildman–Crippen LogP) is 5.51. The van der Waals surface area contributed by atoms with Gasteiger partial charge in [0.15, 0.2) is 6.10 Å². The normalized spacial score (nSPS) is 24.5. The summed E-state index contributed by atoms with van der Waals surface area (Å²) in [7, 11) is -2.72. The quantitative estimate of drug-likeness (QED) is 0.237. The van der Waals surface area contributed by atoms with E-state index in [1.807, 2.05) is 23.9 Å². The number of benzene rings is 2. The predicted molar refractivity (Wildman–Crippen MR) is 144 cm³/mol. The molecular formula is C28H38O5SSi. The zero-order valence-electron chi connectivity index (χ0n) is 21.3. The fourth-order valence-corrected chi connectivity index (χ4v) is 10.9. The molecule has 2 fully saturated rings. The monoisotopic (exact) mass is 514 g/mol. The van der Waals surface area contributed by atoms with Crippen LogP contribution in [0.1, 0.15) is 53.4 Å². The minimum atomic E-state index is -2.72. The van der Waals surface area contributed by atoms with Gasteiger partial charge in [-0.2, -0.15) is 0 Å². The van der Waals surface area contributed by atoms with Crippen LogP contribution in [-0.2, 0) is 18.6 Å². The van der Waals surface area contributed by atoms with E-state index in [9.17, 15) is 4.79 Å². The summed E-state index contributed by atoms with van der Waals surface area (Å²) < 4.78 is 24.7. The maximum absolute atomic E-state index is 12.0. The summed E-state index contributed by atoms with van der Waals surface area (Å²) in [6, 6.07) is 21.1. The third kappa shape index (κ3) is 5.79. The number of fused-ring (bicyclic) bond motifs is 1. The first kappa shape index (κ1) is 26.3. The van der Waals surface area contributed by atoms with Gasteiger partial charge in [0.1, 0.15) is 17.6 Å². The molecule has 0 unspecified atom stereocenters. The molecule has 7 heteroatoms. The summed E-state index contributed by atoms with van der Waals surface area (Å²) in [5.74, 6) is 1.03. The SMILES string of the molecule is CCCCCS[C@@H]1C[C@H]2OC(=O)O[C@H]2[C@@H](CO[Si](c2ccccc2)(c2ccccc2)C(C)(C)C)O1. The Morgan fingerprint density at radius 1 is 0.971 bits per heavy atom. The van der Waals surface area contributed by atoms with Crippen LogP contribution in [0.4, 0.5) is 4.79 Å². The van der Waals surface area contributed by atoms with Gasteiger partial charge in [0.2, 0.25) is 0 Å². The number of rotatable bonds is 10. The molecule has 190 valence electrons. The summed E-state index contributed by atoms with van der Waals surface area (Å²) in [6.45, 7) is 9.33. The molecule has 4 atom stereocenters.